The van der Waals surface area contributed by atoms with Crippen LogP contribution in [0.3, 0.4) is 0 Å². The number of nitrogen functional groups attached to an aromatic ring is 1. The number of nitrogens with two attached hydrogens (primary N) is 1. The largest absolute Gasteiger partial charge is 0.490 e. The molecule has 2 aromatic rings. The summed E-state index contributed by atoms with van der Waals surface area (Å²) in [6.45, 7) is 2.88. The summed E-state index contributed by atoms with van der Waals surface area (Å²) in [4.78, 5) is 0. The predicted octanol–water partition coefficient (Wildman–Crippen LogP) is 2.60. The smallest absolute Gasteiger partial charge is 0.167 e. The van der Waals surface area contributed by atoms with Crippen molar-refractivity contribution >= 4 is 11.4 Å². The van der Waals surface area contributed by atoms with E-state index in [1.807, 2.05) is 13.0 Å². The molecule has 106 valence electrons. The molecule has 0 amide bonds. The molecule has 5 nitrogen and oxygen atoms in total. The molecule has 0 aliphatic rings. The van der Waals surface area contributed by atoms with Gasteiger partial charge in [-0.05, 0) is 18.6 Å². The third kappa shape index (κ3) is 3.57. The molecule has 0 atom stereocenters. The molecule has 20 heavy (non-hydrogen) atoms. The SMILES string of the molecule is CCCOc1cc(NCc2cccnn2)c(N)cc1F. The number of aromatic nitrogens is 2. The lowest BCUT2D eigenvalue weighted by Gasteiger charge is -2.12. The number of rotatable bonds is 6. The van der Waals surface area contributed by atoms with Crippen LogP contribution in [0, 0.1) is 5.82 Å². The lowest BCUT2D eigenvalue weighted by Crippen LogP contribution is -2.06. The molecule has 0 unspecified atom stereocenters. The molecule has 1 aromatic heterocycles. The van der Waals surface area contributed by atoms with Crippen molar-refractivity contribution in [1.29, 1.82) is 0 Å². The van der Waals surface area contributed by atoms with Gasteiger partial charge in [-0.15, -0.1) is 0 Å². The van der Waals surface area contributed by atoms with Crippen LogP contribution in [-0.4, -0.2) is 16.8 Å². The molecule has 0 fully saturated rings. The Morgan fingerprint density at radius 1 is 1.40 bits per heavy atom. The van der Waals surface area contributed by atoms with E-state index in [2.05, 4.69) is 15.5 Å². The fourth-order valence-corrected chi connectivity index (χ4v) is 1.66. The van der Waals surface area contributed by atoms with Gasteiger partial charge in [0.25, 0.3) is 0 Å². The van der Waals surface area contributed by atoms with E-state index < -0.39 is 5.82 Å². The lowest BCUT2D eigenvalue weighted by atomic mass is 10.2. The van der Waals surface area contributed by atoms with E-state index >= 15 is 0 Å². The van der Waals surface area contributed by atoms with E-state index in [-0.39, 0.29) is 5.75 Å². The van der Waals surface area contributed by atoms with Gasteiger partial charge < -0.3 is 15.8 Å². The van der Waals surface area contributed by atoms with Gasteiger partial charge in [0.1, 0.15) is 0 Å². The topological polar surface area (TPSA) is 73.1 Å². The van der Waals surface area contributed by atoms with Gasteiger partial charge in [-0.25, -0.2) is 4.39 Å². The molecule has 1 heterocycles. The Bertz CT molecular complexity index is 563. The minimum atomic E-state index is -0.457. The molecule has 0 saturated heterocycles. The van der Waals surface area contributed by atoms with Gasteiger partial charge in [-0.3, -0.25) is 0 Å². The minimum Gasteiger partial charge on any atom is -0.490 e. The molecule has 1 aromatic carbocycles. The van der Waals surface area contributed by atoms with Crippen molar-refractivity contribution in [3.8, 4) is 5.75 Å². The number of halogens is 1. The van der Waals surface area contributed by atoms with Crippen molar-refractivity contribution in [2.45, 2.75) is 19.9 Å². The molecule has 0 bridgehead atoms. The first-order chi connectivity index (χ1) is 9.70. The zero-order valence-corrected chi connectivity index (χ0v) is 11.3. The maximum Gasteiger partial charge on any atom is 0.167 e. The second kappa shape index (κ2) is 6.70. The Kier molecular flexibility index (Phi) is 4.70. The van der Waals surface area contributed by atoms with Crippen molar-refractivity contribution in [3.05, 3.63) is 42.0 Å². The second-order valence-electron chi connectivity index (χ2n) is 4.29. The Balaban J connectivity index is 2.10. The van der Waals surface area contributed by atoms with Crippen molar-refractivity contribution in [2.24, 2.45) is 0 Å². The third-order valence-corrected chi connectivity index (χ3v) is 2.65. The first kappa shape index (κ1) is 14.0. The summed E-state index contributed by atoms with van der Waals surface area (Å²) in [5, 5.41) is 10.8. The highest BCUT2D eigenvalue weighted by Gasteiger charge is 2.09. The van der Waals surface area contributed by atoms with Crippen molar-refractivity contribution in [1.82, 2.24) is 10.2 Å². The number of hydrogen-bond donors (Lipinski definition) is 2. The van der Waals surface area contributed by atoms with E-state index in [1.165, 1.54) is 6.07 Å². The van der Waals surface area contributed by atoms with E-state index in [4.69, 9.17) is 10.5 Å². The van der Waals surface area contributed by atoms with E-state index in [9.17, 15) is 4.39 Å². The standard InChI is InChI=1S/C14H17FN4O/c1-2-6-20-14-8-13(12(16)7-11(14)15)17-9-10-4-3-5-18-19-10/h3-5,7-8,17H,2,6,9,16H2,1H3. The minimum absolute atomic E-state index is 0.197. The van der Waals surface area contributed by atoms with Crippen LogP contribution in [0.1, 0.15) is 19.0 Å². The Hall–Kier alpha value is -2.37. The Morgan fingerprint density at radius 2 is 2.25 bits per heavy atom. The summed E-state index contributed by atoms with van der Waals surface area (Å²) in [7, 11) is 0. The van der Waals surface area contributed by atoms with Crippen LogP contribution in [0.2, 0.25) is 0 Å². The van der Waals surface area contributed by atoms with Crippen LogP contribution in [0.5, 0.6) is 5.75 Å². The zero-order chi connectivity index (χ0) is 14.4. The van der Waals surface area contributed by atoms with Gasteiger partial charge in [0.2, 0.25) is 0 Å². The maximum atomic E-state index is 13.7. The highest BCUT2D eigenvalue weighted by molar-refractivity contribution is 5.68. The van der Waals surface area contributed by atoms with Gasteiger partial charge >= 0.3 is 0 Å². The molecule has 0 spiro atoms. The normalized spacial score (nSPS) is 10.3. The van der Waals surface area contributed by atoms with Gasteiger partial charge in [0.15, 0.2) is 11.6 Å². The third-order valence-electron chi connectivity index (χ3n) is 2.65. The van der Waals surface area contributed by atoms with E-state index in [1.54, 1.807) is 18.3 Å². The molecule has 3 N–H and O–H groups in total. The van der Waals surface area contributed by atoms with Crippen molar-refractivity contribution < 1.29 is 9.13 Å². The van der Waals surface area contributed by atoms with Gasteiger partial charge in [-0.1, -0.05) is 6.92 Å². The number of benzene rings is 1. The molecule has 0 radical (unpaired) electrons. The average molecular weight is 276 g/mol. The molecule has 0 saturated carbocycles. The zero-order valence-electron chi connectivity index (χ0n) is 11.3. The summed E-state index contributed by atoms with van der Waals surface area (Å²) >= 11 is 0. The highest BCUT2D eigenvalue weighted by atomic mass is 19.1. The number of nitrogens with zero attached hydrogens (tertiary/aromatic N) is 2. The van der Waals surface area contributed by atoms with Gasteiger partial charge in [0, 0.05) is 18.3 Å². The first-order valence-corrected chi connectivity index (χ1v) is 6.43. The van der Waals surface area contributed by atoms with Crippen molar-refractivity contribution in [2.75, 3.05) is 17.7 Å². The van der Waals surface area contributed by atoms with Crippen LogP contribution in [0.4, 0.5) is 15.8 Å². The summed E-state index contributed by atoms with van der Waals surface area (Å²) in [6, 6.07) is 6.46. The molecule has 0 aliphatic carbocycles. The van der Waals surface area contributed by atoms with Crippen LogP contribution in [-0.2, 0) is 6.54 Å². The van der Waals surface area contributed by atoms with E-state index in [0.29, 0.717) is 24.5 Å². The van der Waals surface area contributed by atoms with E-state index in [0.717, 1.165) is 12.1 Å². The summed E-state index contributed by atoms with van der Waals surface area (Å²) in [6.07, 6.45) is 2.42. The number of nitrogens with one attached hydrogen (secondary N) is 1. The number of hydrogen-bond acceptors (Lipinski definition) is 5. The van der Waals surface area contributed by atoms with Crippen molar-refractivity contribution in [3.63, 3.8) is 0 Å². The monoisotopic (exact) mass is 276 g/mol. The molecule has 0 aliphatic heterocycles. The summed E-state index contributed by atoms with van der Waals surface area (Å²) in [5.74, 6) is -0.260. The average Bonchev–Trinajstić information content (AvgIpc) is 2.46. The fraction of sp³-hybridized carbons (Fsp3) is 0.286. The van der Waals surface area contributed by atoms with Crippen LogP contribution >= 0.6 is 0 Å². The molecular formula is C14H17FN4O. The predicted molar refractivity (Wildman–Crippen MR) is 76.0 cm³/mol. The maximum absolute atomic E-state index is 13.7. The molecule has 6 heteroatoms. The van der Waals surface area contributed by atoms with Gasteiger partial charge in [0.05, 0.1) is 30.2 Å². The number of ether oxygens (including phenoxy) is 1. The first-order valence-electron chi connectivity index (χ1n) is 6.43. The van der Waals surface area contributed by atoms with Crippen LogP contribution in [0.15, 0.2) is 30.5 Å². The summed E-state index contributed by atoms with van der Waals surface area (Å²) in [5.41, 5.74) is 7.50. The lowest BCUT2D eigenvalue weighted by molar-refractivity contribution is 0.301. The highest BCUT2D eigenvalue weighted by Crippen LogP contribution is 2.28. The molecule has 2 rings (SSSR count). The second-order valence-corrected chi connectivity index (χ2v) is 4.29. The number of anilines is 2. The van der Waals surface area contributed by atoms with Crippen LogP contribution in [0.25, 0.3) is 0 Å². The van der Waals surface area contributed by atoms with Crippen LogP contribution < -0.4 is 15.8 Å². The Labute approximate surface area is 117 Å². The molecular weight excluding hydrogens is 259 g/mol. The summed E-state index contributed by atoms with van der Waals surface area (Å²) < 4.78 is 19.0. The quantitative estimate of drug-likeness (QED) is 0.793. The fourth-order valence-electron chi connectivity index (χ4n) is 1.66. The Morgan fingerprint density at radius 3 is 2.95 bits per heavy atom. The van der Waals surface area contributed by atoms with Gasteiger partial charge in [-0.2, -0.15) is 10.2 Å².